The summed E-state index contributed by atoms with van der Waals surface area (Å²) in [5.41, 5.74) is 42.9. The predicted octanol–water partition coefficient (Wildman–Crippen LogP) is 18.7. The molecule has 3 aliphatic heterocycles. The molecule has 614 valence electrons. The number of carbonyl (C=O) groups excluding carboxylic acids is 3. The highest BCUT2D eigenvalue weighted by molar-refractivity contribution is 6.31. The van der Waals surface area contributed by atoms with Crippen LogP contribution < -0.4 is 0 Å². The number of benzene rings is 3. The van der Waals surface area contributed by atoms with Crippen molar-refractivity contribution < 1.29 is 28.6 Å². The number of nitrogens with zero attached hydrogens (tertiary/aromatic N) is 24. The van der Waals surface area contributed by atoms with Crippen LogP contribution in [0.1, 0.15) is 190 Å². The Bertz CT molecular complexity index is 4910. The van der Waals surface area contributed by atoms with Crippen LogP contribution >= 0.6 is 34.8 Å². The molecule has 30 nitrogen and oxygen atoms in total. The number of hydrogen-bond donors (Lipinski definition) is 0. The summed E-state index contributed by atoms with van der Waals surface area (Å²) < 4.78 is 22.4. The molecule has 0 saturated carbocycles. The normalized spacial score (nSPS) is 18.1. The third-order valence-corrected chi connectivity index (χ3v) is 21.7. The molecule has 0 radical (unpaired) electrons. The van der Waals surface area contributed by atoms with E-state index in [9.17, 15) is 31.0 Å². The highest BCUT2D eigenvalue weighted by Crippen LogP contribution is 2.50. The maximum Gasteiger partial charge on any atom is 0.410 e. The lowest BCUT2D eigenvalue weighted by Gasteiger charge is -2.40. The van der Waals surface area contributed by atoms with Gasteiger partial charge >= 0.3 is 18.3 Å². The number of azide groups is 3. The fraction of sp³-hybridized carbons (Fsp3) is 0.400. The molecular weight excluding hydrogens is 1560 g/mol. The Hall–Kier alpha value is -11.6. The number of halogens is 3. The molecule has 118 heavy (non-hydrogen) atoms. The number of pyridine rings is 3. The van der Waals surface area contributed by atoms with Crippen molar-refractivity contribution in [3.05, 3.63) is 278 Å². The van der Waals surface area contributed by atoms with Gasteiger partial charge < -0.3 is 42.6 Å². The summed E-state index contributed by atoms with van der Waals surface area (Å²) in [4.78, 5) is 87.2. The number of aromatic nitrogens is 9. The molecule has 3 unspecified atom stereocenters. The zero-order valence-electron chi connectivity index (χ0n) is 67.4. The Morgan fingerprint density at radius 1 is 0.415 bits per heavy atom. The number of piperazine rings is 3. The number of ether oxygens (including phenoxy) is 3. The van der Waals surface area contributed by atoms with Gasteiger partial charge in [-0.25, -0.2) is 29.3 Å². The number of imidazole rings is 3. The summed E-state index contributed by atoms with van der Waals surface area (Å²) >= 11 is 19.6. The van der Waals surface area contributed by atoms with Gasteiger partial charge in [0, 0.05) is 167 Å². The van der Waals surface area contributed by atoms with E-state index in [1.165, 1.54) is 0 Å². The van der Waals surface area contributed by atoms with Crippen molar-refractivity contribution in [3.8, 4) is 0 Å². The largest absolute Gasteiger partial charge is 0.444 e. The molecule has 0 bridgehead atoms. The first-order chi connectivity index (χ1) is 56.0. The van der Waals surface area contributed by atoms with Gasteiger partial charge in [0.05, 0.1) is 71.3 Å². The third-order valence-electron chi connectivity index (χ3n) is 21.0. The van der Waals surface area contributed by atoms with Gasteiger partial charge in [0.1, 0.15) is 34.9 Å². The summed E-state index contributed by atoms with van der Waals surface area (Å²) in [7, 11) is 5.63. The molecule has 3 aromatic carbocycles. The minimum atomic E-state index is -0.629. The van der Waals surface area contributed by atoms with E-state index in [2.05, 4.69) is 59.7 Å². The minimum Gasteiger partial charge on any atom is -0.444 e. The van der Waals surface area contributed by atoms with Crippen molar-refractivity contribution in [1.29, 1.82) is 0 Å². The summed E-state index contributed by atoms with van der Waals surface area (Å²) in [5.74, 6) is 0. The van der Waals surface area contributed by atoms with E-state index in [1.807, 2.05) is 206 Å². The Balaban J connectivity index is 0.000000162. The number of rotatable bonds is 12. The van der Waals surface area contributed by atoms with Gasteiger partial charge in [-0.15, -0.1) is 0 Å². The lowest BCUT2D eigenvalue weighted by molar-refractivity contribution is 0.0109. The van der Waals surface area contributed by atoms with E-state index in [-0.39, 0.29) is 43.8 Å². The second-order valence-electron chi connectivity index (χ2n) is 32.3. The van der Waals surface area contributed by atoms with Crippen LogP contribution in [0, 0.1) is 0 Å². The molecule has 9 aromatic rings. The summed E-state index contributed by atoms with van der Waals surface area (Å²) in [6.07, 6.45) is 20.8. The molecule has 3 saturated heterocycles. The Morgan fingerprint density at radius 2 is 0.669 bits per heavy atom. The van der Waals surface area contributed by atoms with Crippen LogP contribution in [-0.4, -0.2) is 187 Å². The van der Waals surface area contributed by atoms with Crippen molar-refractivity contribution in [2.45, 2.75) is 123 Å². The SMILES string of the molecule is C.Cn1cncc1C(N=[N+]=[N-])C1=Cc2cccnc2[C@@H](N2CCN(C(=O)OC(C)(C)C)CC2)c2ccc(Cl)cc21.Cn1cncc1C(N=[N+]=[N-])C1=Cc2cccnc2[C@@H](N2CCN(C(=O)OC(C)(C)C)CC2)c2ccc(Cl)cc21.Cn1cncc1C(N=[N+]=[N-])C1=Cc2cccnc2[C@@H](N2CCN(C(=O)OC(C)(C)C)CC2)c2ccc(Cl)cc21. The highest BCUT2D eigenvalue weighted by atomic mass is 35.5. The molecule has 15 rings (SSSR count). The number of amides is 3. The summed E-state index contributed by atoms with van der Waals surface area (Å²) in [6.45, 7) is 23.9. The van der Waals surface area contributed by atoms with Crippen LogP contribution in [0.5, 0.6) is 0 Å². The maximum absolute atomic E-state index is 12.7. The van der Waals surface area contributed by atoms with E-state index in [4.69, 9.17) is 64.0 Å². The van der Waals surface area contributed by atoms with Gasteiger partial charge in [-0.3, -0.25) is 29.7 Å². The molecule has 0 N–H and O–H groups in total. The second kappa shape index (κ2) is 36.5. The molecule has 3 fully saturated rings. The van der Waals surface area contributed by atoms with Crippen LogP contribution in [0.15, 0.2) is 163 Å². The van der Waals surface area contributed by atoms with Gasteiger partial charge in [-0.05, 0) is 219 Å². The van der Waals surface area contributed by atoms with Crippen molar-refractivity contribution in [2.24, 2.45) is 36.5 Å². The number of carbonyl (C=O) groups is 3. The molecule has 6 aromatic heterocycles. The summed E-state index contributed by atoms with van der Waals surface area (Å²) in [6, 6.07) is 26.8. The zero-order chi connectivity index (χ0) is 83.2. The Kier molecular flexibility index (Phi) is 26.6. The van der Waals surface area contributed by atoms with E-state index in [0.717, 1.165) is 101 Å². The number of hydrogen-bond acceptors (Lipinski definition) is 18. The maximum atomic E-state index is 12.7. The van der Waals surface area contributed by atoms with Crippen LogP contribution in [0.4, 0.5) is 14.4 Å². The van der Waals surface area contributed by atoms with Crippen molar-refractivity contribution in [2.75, 3.05) is 78.5 Å². The van der Waals surface area contributed by atoms with Crippen molar-refractivity contribution >= 4 is 88.0 Å². The fourth-order valence-electron chi connectivity index (χ4n) is 15.7. The molecule has 33 heteroatoms. The van der Waals surface area contributed by atoms with E-state index < -0.39 is 34.9 Å². The van der Waals surface area contributed by atoms with Gasteiger partial charge in [0.25, 0.3) is 0 Å². The van der Waals surface area contributed by atoms with Gasteiger partial charge in [0.2, 0.25) is 0 Å². The zero-order valence-corrected chi connectivity index (χ0v) is 69.6. The standard InChI is InChI=1S/3C28H31ClN8O2.CH4/c3*1-28(2,3)39-27(38)37-12-10-36(11-13-37)26-20-8-7-19(29)15-21(20)22(14-18-6-5-9-32-24(18)26)25(33-34-30)23-16-31-17-35(23)4;/h3*5-9,14-17,25-26H,10-13H2,1-4H3;1H4/t3*25?,26-;/m000./s1. The lowest BCUT2D eigenvalue weighted by Crippen LogP contribution is -2.51. The molecule has 9 heterocycles. The molecule has 0 spiro atoms. The number of aryl methyl sites for hydroxylation is 3. The minimum absolute atomic E-state index is 0. The predicted molar refractivity (Wildman–Crippen MR) is 456 cm³/mol. The molecular formula is C85H97Cl3N24O6. The average Bonchev–Trinajstić information content (AvgIpc) is 1.60. The van der Waals surface area contributed by atoms with E-state index >= 15 is 0 Å². The van der Waals surface area contributed by atoms with E-state index in [0.29, 0.717) is 93.6 Å². The van der Waals surface area contributed by atoms with Crippen LogP contribution in [0.25, 0.3) is 66.3 Å². The number of fused-ring (bicyclic) bond motifs is 6. The fourth-order valence-corrected chi connectivity index (χ4v) is 16.2. The molecule has 3 amide bonds. The average molecular weight is 1660 g/mol. The first-order valence-electron chi connectivity index (χ1n) is 38.5. The van der Waals surface area contributed by atoms with Crippen molar-refractivity contribution in [1.82, 2.24) is 73.0 Å². The van der Waals surface area contributed by atoms with Crippen molar-refractivity contribution in [3.63, 3.8) is 0 Å². The smallest absolute Gasteiger partial charge is 0.410 e. The second-order valence-corrected chi connectivity index (χ2v) is 33.6. The first kappa shape index (κ1) is 85.8. The molecule has 6 atom stereocenters. The van der Waals surface area contributed by atoms with Crippen LogP contribution in [0.3, 0.4) is 0 Å². The van der Waals surface area contributed by atoms with Gasteiger partial charge in [-0.1, -0.05) is 94.0 Å². The van der Waals surface area contributed by atoms with Gasteiger partial charge in [-0.2, -0.15) is 0 Å². The molecule has 6 aliphatic rings. The first-order valence-corrected chi connectivity index (χ1v) is 39.7. The monoisotopic (exact) mass is 1650 g/mol. The quantitative estimate of drug-likeness (QED) is 0.0475. The van der Waals surface area contributed by atoms with Crippen LogP contribution in [-0.2, 0) is 35.4 Å². The molecule has 3 aliphatic carbocycles. The van der Waals surface area contributed by atoms with Crippen LogP contribution in [0.2, 0.25) is 15.1 Å². The lowest BCUT2D eigenvalue weighted by atomic mass is 9.90. The van der Waals surface area contributed by atoms with Gasteiger partial charge in [0.15, 0.2) is 0 Å². The topological polar surface area (TPSA) is 337 Å². The van der Waals surface area contributed by atoms with E-state index in [1.54, 1.807) is 70.9 Å². The highest BCUT2D eigenvalue weighted by Gasteiger charge is 2.41. The Labute approximate surface area is 701 Å². The summed E-state index contributed by atoms with van der Waals surface area (Å²) in [5, 5.41) is 14.4. The Morgan fingerprint density at radius 3 is 0.890 bits per heavy atom. The third kappa shape index (κ3) is 19.3.